The number of esters is 6. The lowest BCUT2D eigenvalue weighted by molar-refractivity contribution is -0.140. The number of aliphatic hydroxyl groups is 3. The summed E-state index contributed by atoms with van der Waals surface area (Å²) in [6.07, 6.45) is -3.00. The largest absolute Gasteiger partial charge is 0.491 e. The Kier molecular flexibility index (Phi) is 24.8. The van der Waals surface area contributed by atoms with Gasteiger partial charge in [0.2, 0.25) is 0 Å². The molecule has 0 radical (unpaired) electrons. The van der Waals surface area contributed by atoms with Gasteiger partial charge in [0, 0.05) is 28.4 Å². The molecule has 3 N–H and O–H groups in total. The summed E-state index contributed by atoms with van der Waals surface area (Å²) >= 11 is 0. The van der Waals surface area contributed by atoms with Gasteiger partial charge in [-0.2, -0.15) is 0 Å². The number of ether oxygens (including phenoxy) is 10. The molecule has 0 saturated heterocycles. The van der Waals surface area contributed by atoms with Crippen LogP contribution in [0, 0.1) is 0 Å². The zero-order valence-electron chi connectivity index (χ0n) is 53.2. The van der Waals surface area contributed by atoms with Crippen LogP contribution >= 0.6 is 0 Å². The third-order valence-corrected chi connectivity index (χ3v) is 14.8. The predicted molar refractivity (Wildman–Crippen MR) is 339 cm³/mol. The molecule has 0 bridgehead atoms. The highest BCUT2D eigenvalue weighted by molar-refractivity contribution is 6.04. The SMILES string of the molecule is C=C(C)C(=O)OCCOC(=O)c1ccccc1C(=O)OCC(O)COc1ccc(C(C)(C)c2ccc(OC(C)(C)CC(O)COc3ccc(C(C)(C)c4ccc(OC(C)(C)C(O)COC(=O)c5ccccc5C(=O)OCCOC(=O)C(=C)C)cc4)cc3)cc2)cc1. The van der Waals surface area contributed by atoms with Gasteiger partial charge in [-0.25, -0.2) is 28.8 Å². The lowest BCUT2D eigenvalue weighted by Gasteiger charge is -2.32. The molecule has 0 amide bonds. The van der Waals surface area contributed by atoms with Gasteiger partial charge in [-0.15, -0.1) is 0 Å². The number of hydrogen-bond donors (Lipinski definition) is 3. The van der Waals surface area contributed by atoms with Crippen molar-refractivity contribution < 1.29 is 91.5 Å². The van der Waals surface area contributed by atoms with Crippen molar-refractivity contribution >= 4 is 35.8 Å². The van der Waals surface area contributed by atoms with Crippen molar-refractivity contribution in [1.29, 1.82) is 0 Å². The Bertz CT molecular complexity index is 3470. The topological polar surface area (TPSA) is 255 Å². The molecule has 0 heterocycles. The first-order valence-corrected chi connectivity index (χ1v) is 29.6. The van der Waals surface area contributed by atoms with E-state index in [1.54, 1.807) is 62.4 Å². The summed E-state index contributed by atoms with van der Waals surface area (Å²) in [7, 11) is 0. The zero-order valence-corrected chi connectivity index (χ0v) is 53.2. The van der Waals surface area contributed by atoms with Gasteiger partial charge >= 0.3 is 35.8 Å². The molecular formula is C72H82O19. The van der Waals surface area contributed by atoms with Gasteiger partial charge in [-0.05, 0) is 137 Å². The number of hydrogen-bond acceptors (Lipinski definition) is 19. The first kappa shape index (κ1) is 70.8. The van der Waals surface area contributed by atoms with Gasteiger partial charge in [0.05, 0.1) is 28.4 Å². The molecule has 0 fully saturated rings. The molecule has 0 spiro atoms. The van der Waals surface area contributed by atoms with Crippen LogP contribution < -0.4 is 18.9 Å². The average molecular weight is 1250 g/mol. The molecule has 0 aromatic heterocycles. The molecule has 0 aliphatic rings. The maximum absolute atomic E-state index is 13.1. The van der Waals surface area contributed by atoms with Crippen LogP contribution in [0.1, 0.15) is 139 Å². The van der Waals surface area contributed by atoms with E-state index in [0.29, 0.717) is 23.0 Å². The quantitative estimate of drug-likeness (QED) is 0.0150. The van der Waals surface area contributed by atoms with Gasteiger partial charge in [-0.3, -0.25) is 0 Å². The minimum absolute atomic E-state index is 0.0405. The maximum Gasteiger partial charge on any atom is 0.339 e. The number of rotatable bonds is 33. The van der Waals surface area contributed by atoms with Crippen molar-refractivity contribution in [3.63, 3.8) is 0 Å². The fourth-order valence-electron chi connectivity index (χ4n) is 9.24. The van der Waals surface area contributed by atoms with Crippen LogP contribution in [-0.2, 0) is 48.8 Å². The molecule has 6 aromatic carbocycles. The van der Waals surface area contributed by atoms with E-state index in [9.17, 15) is 44.1 Å². The fraction of sp³-hybridized carbons (Fsp3) is 0.361. The van der Waals surface area contributed by atoms with E-state index in [4.69, 9.17) is 47.4 Å². The second-order valence-corrected chi connectivity index (χ2v) is 24.0. The highest BCUT2D eigenvalue weighted by Crippen LogP contribution is 2.36. The minimum atomic E-state index is -1.26. The normalized spacial score (nSPS) is 12.6. The van der Waals surface area contributed by atoms with Crippen molar-refractivity contribution in [2.75, 3.05) is 52.9 Å². The van der Waals surface area contributed by atoms with Crippen molar-refractivity contribution in [3.8, 4) is 23.0 Å². The van der Waals surface area contributed by atoms with E-state index < -0.39 is 89.4 Å². The number of aliphatic hydroxyl groups excluding tert-OH is 3. The lowest BCUT2D eigenvalue weighted by atomic mass is 9.78. The van der Waals surface area contributed by atoms with E-state index in [1.165, 1.54) is 38.1 Å². The van der Waals surface area contributed by atoms with Gasteiger partial charge in [0.15, 0.2) is 0 Å². The maximum atomic E-state index is 13.1. The Morgan fingerprint density at radius 3 is 1.05 bits per heavy atom. The predicted octanol–water partition coefficient (Wildman–Crippen LogP) is 10.8. The van der Waals surface area contributed by atoms with Crippen LogP contribution in [0.3, 0.4) is 0 Å². The van der Waals surface area contributed by atoms with Crippen molar-refractivity contribution in [1.82, 2.24) is 0 Å². The van der Waals surface area contributed by atoms with E-state index in [-0.39, 0.29) is 79.5 Å². The third-order valence-electron chi connectivity index (χ3n) is 14.8. The number of carbonyl (C=O) groups is 6. The molecule has 0 aliphatic heterocycles. The third kappa shape index (κ3) is 20.6. The van der Waals surface area contributed by atoms with Crippen LogP contribution in [0.4, 0.5) is 0 Å². The highest BCUT2D eigenvalue weighted by atomic mass is 16.6. The van der Waals surface area contributed by atoms with Gasteiger partial charge in [0.25, 0.3) is 0 Å². The summed E-state index contributed by atoms with van der Waals surface area (Å²) in [5, 5.41) is 32.8. The summed E-state index contributed by atoms with van der Waals surface area (Å²) in [6, 6.07) is 42.3. The van der Waals surface area contributed by atoms with E-state index in [0.717, 1.165) is 22.3 Å². The van der Waals surface area contributed by atoms with Gasteiger partial charge < -0.3 is 62.7 Å². The number of carbonyl (C=O) groups excluding carboxylic acids is 6. The molecule has 3 unspecified atom stereocenters. The highest BCUT2D eigenvalue weighted by Gasteiger charge is 2.33. The Morgan fingerprint density at radius 1 is 0.385 bits per heavy atom. The summed E-state index contributed by atoms with van der Waals surface area (Å²) in [4.78, 5) is 74.7. The van der Waals surface area contributed by atoms with E-state index in [1.807, 2.05) is 86.6 Å². The Hall–Kier alpha value is -9.30. The Balaban J connectivity index is 0.910. The standard InChI is InChI=1S/C72H82O19/c1-46(2)63(76)82-37-39-84-65(78)58-17-13-15-19-60(58)67(80)88-44-53(74)43-87-55-31-23-49(24-32-55)70(7,8)50-25-33-56(34-26-50)90-69(5,6)41-52(73)42-86-54-29-21-48(22-30-54)71(9,10)51-27-35-57(36-28-51)91-72(11,12)62(75)45-89-68(81)61-20-16-14-18-59(61)66(79)85-40-38-83-64(77)47(3)4/h13-36,52-53,62,73-75H,1,3,37-45H2,2,4-12H3. The second-order valence-electron chi connectivity index (χ2n) is 24.0. The second kappa shape index (κ2) is 31.9. The average Bonchev–Trinajstić information content (AvgIpc) is 1.64. The summed E-state index contributed by atoms with van der Waals surface area (Å²) in [6.45, 7) is 23.7. The van der Waals surface area contributed by atoms with E-state index >= 15 is 0 Å². The monoisotopic (exact) mass is 1250 g/mol. The molecular weight excluding hydrogens is 1170 g/mol. The van der Waals surface area contributed by atoms with Crippen LogP contribution in [0.25, 0.3) is 0 Å². The van der Waals surface area contributed by atoms with Crippen LogP contribution in [0.2, 0.25) is 0 Å². The Morgan fingerprint density at radius 2 is 0.692 bits per heavy atom. The molecule has 3 atom stereocenters. The van der Waals surface area contributed by atoms with Crippen molar-refractivity contribution in [2.24, 2.45) is 0 Å². The molecule has 19 heteroatoms. The van der Waals surface area contributed by atoms with E-state index in [2.05, 4.69) is 40.9 Å². The number of benzene rings is 6. The fourth-order valence-corrected chi connectivity index (χ4v) is 9.24. The van der Waals surface area contributed by atoms with Crippen LogP contribution in [0.15, 0.2) is 170 Å². The van der Waals surface area contributed by atoms with Crippen LogP contribution in [0.5, 0.6) is 23.0 Å². The first-order valence-electron chi connectivity index (χ1n) is 29.6. The molecule has 0 aliphatic carbocycles. The molecule has 0 saturated carbocycles. The minimum Gasteiger partial charge on any atom is -0.491 e. The smallest absolute Gasteiger partial charge is 0.339 e. The molecule has 6 aromatic rings. The van der Waals surface area contributed by atoms with Gasteiger partial charge in [-0.1, -0.05) is 114 Å². The zero-order chi connectivity index (χ0) is 66.7. The van der Waals surface area contributed by atoms with Crippen molar-refractivity contribution in [3.05, 3.63) is 214 Å². The van der Waals surface area contributed by atoms with Crippen molar-refractivity contribution in [2.45, 2.75) is 116 Å². The molecule has 6 rings (SSSR count). The van der Waals surface area contributed by atoms with Gasteiger partial charge in [0.1, 0.15) is 99.3 Å². The molecule has 91 heavy (non-hydrogen) atoms. The molecule has 484 valence electrons. The first-order chi connectivity index (χ1) is 43.0. The lowest BCUT2D eigenvalue weighted by Crippen LogP contribution is -2.45. The Labute approximate surface area is 531 Å². The van der Waals surface area contributed by atoms with Crippen LogP contribution in [-0.4, -0.2) is 134 Å². The molecule has 19 nitrogen and oxygen atoms in total. The summed E-state index contributed by atoms with van der Waals surface area (Å²) in [5.41, 5.74) is 1.38. The summed E-state index contributed by atoms with van der Waals surface area (Å²) < 4.78 is 55.3. The summed E-state index contributed by atoms with van der Waals surface area (Å²) in [5.74, 6) is -2.37.